The Morgan fingerprint density at radius 1 is 1.13 bits per heavy atom. The molecule has 1 aromatic rings. The third-order valence-corrected chi connectivity index (χ3v) is 8.06. The Morgan fingerprint density at radius 2 is 1.93 bits per heavy atom. The van der Waals surface area contributed by atoms with Crippen molar-refractivity contribution in [2.24, 2.45) is 10.4 Å². The number of aromatic nitrogens is 3. The van der Waals surface area contributed by atoms with Crippen LogP contribution in [0.5, 0.6) is 0 Å². The number of hydrogen-bond acceptors (Lipinski definition) is 4. The van der Waals surface area contributed by atoms with Crippen molar-refractivity contribution in [3.05, 3.63) is 5.82 Å². The van der Waals surface area contributed by atoms with E-state index in [1.807, 2.05) is 0 Å². The zero-order valence-electron chi connectivity index (χ0n) is 19.0. The lowest BCUT2D eigenvalue weighted by molar-refractivity contribution is 0.203. The van der Waals surface area contributed by atoms with E-state index in [4.69, 9.17) is 4.99 Å². The summed E-state index contributed by atoms with van der Waals surface area (Å²) >= 11 is 1.73. The van der Waals surface area contributed by atoms with E-state index in [0.29, 0.717) is 11.5 Å². The molecule has 3 fully saturated rings. The van der Waals surface area contributed by atoms with Gasteiger partial charge in [-0.3, -0.25) is 4.99 Å². The van der Waals surface area contributed by atoms with E-state index in [9.17, 15) is 0 Å². The van der Waals surface area contributed by atoms with Crippen molar-refractivity contribution in [3.63, 3.8) is 0 Å². The van der Waals surface area contributed by atoms with Gasteiger partial charge >= 0.3 is 0 Å². The summed E-state index contributed by atoms with van der Waals surface area (Å²) in [7, 11) is 0. The van der Waals surface area contributed by atoms with E-state index >= 15 is 0 Å². The molecule has 0 aromatic carbocycles. The van der Waals surface area contributed by atoms with Crippen molar-refractivity contribution < 1.29 is 0 Å². The van der Waals surface area contributed by atoms with E-state index in [-0.39, 0.29) is 0 Å². The van der Waals surface area contributed by atoms with Crippen LogP contribution >= 0.6 is 11.8 Å². The normalized spacial score (nSPS) is 22.3. The molecule has 7 heteroatoms. The number of aliphatic imine (C=N–C) groups is 1. The Hall–Kier alpha value is -1.24. The Bertz CT molecular complexity index is 703. The molecule has 0 unspecified atom stereocenters. The van der Waals surface area contributed by atoms with Crippen molar-refractivity contribution in [1.82, 2.24) is 25.0 Å². The fourth-order valence-corrected chi connectivity index (χ4v) is 6.39. The molecule has 2 heterocycles. The largest absolute Gasteiger partial charge is 0.357 e. The first-order chi connectivity index (χ1) is 14.7. The molecule has 0 radical (unpaired) electrons. The molecule has 0 bridgehead atoms. The van der Waals surface area contributed by atoms with Gasteiger partial charge in [0, 0.05) is 38.6 Å². The molecule has 1 N–H and O–H groups in total. The molecule has 1 spiro atoms. The highest BCUT2D eigenvalue weighted by Gasteiger charge is 2.39. The van der Waals surface area contributed by atoms with Crippen molar-refractivity contribution in [1.29, 1.82) is 0 Å². The Kier molecular flexibility index (Phi) is 7.60. The highest BCUT2D eigenvalue weighted by molar-refractivity contribution is 7.98. The molecule has 3 aliphatic rings. The van der Waals surface area contributed by atoms with Gasteiger partial charge in [0.05, 0.1) is 0 Å². The summed E-state index contributed by atoms with van der Waals surface area (Å²) in [5.41, 5.74) is 0.570. The number of hydrogen-bond donors (Lipinski definition) is 1. The van der Waals surface area contributed by atoms with Crippen LogP contribution in [-0.2, 0) is 6.42 Å². The van der Waals surface area contributed by atoms with Crippen LogP contribution in [0.2, 0.25) is 0 Å². The summed E-state index contributed by atoms with van der Waals surface area (Å²) in [6.07, 6.45) is 17.8. The van der Waals surface area contributed by atoms with E-state index < -0.39 is 0 Å². The molecular weight excluding hydrogens is 392 g/mol. The number of aryl methyl sites for hydroxylation is 1. The first-order valence-electron chi connectivity index (χ1n) is 12.3. The third kappa shape index (κ3) is 4.97. The van der Waals surface area contributed by atoms with Gasteiger partial charge in [-0.15, -0.1) is 10.2 Å². The van der Waals surface area contributed by atoms with Crippen LogP contribution in [0, 0.1) is 5.41 Å². The van der Waals surface area contributed by atoms with Crippen LogP contribution < -0.4 is 5.32 Å². The average Bonchev–Trinajstić information content (AvgIpc) is 3.51. The van der Waals surface area contributed by atoms with Crippen LogP contribution in [0.15, 0.2) is 10.1 Å². The summed E-state index contributed by atoms with van der Waals surface area (Å²) < 4.78 is 2.43. The van der Waals surface area contributed by atoms with Crippen LogP contribution in [0.25, 0.3) is 0 Å². The lowest BCUT2D eigenvalue weighted by Gasteiger charge is -2.33. The highest BCUT2D eigenvalue weighted by atomic mass is 32.2. The standard InChI is InChI=1S/C23H40N6S/c1-3-24-21(28-17-15-23(18-28)13-7-4-8-14-23)25-16-9-12-20-26-27-22(30-2)29(20)19-10-5-6-11-19/h19H,3-18H2,1-2H3,(H,24,25). The molecule has 0 atom stereocenters. The fourth-order valence-electron chi connectivity index (χ4n) is 5.82. The van der Waals surface area contributed by atoms with Gasteiger partial charge in [-0.1, -0.05) is 43.9 Å². The first-order valence-corrected chi connectivity index (χ1v) is 13.5. The number of rotatable bonds is 7. The zero-order chi connectivity index (χ0) is 20.8. The molecule has 6 nitrogen and oxygen atoms in total. The number of guanidine groups is 1. The molecule has 2 aliphatic carbocycles. The summed E-state index contributed by atoms with van der Waals surface area (Å²) in [4.78, 5) is 7.54. The van der Waals surface area contributed by atoms with Gasteiger partial charge in [-0.05, 0) is 57.1 Å². The molecule has 0 amide bonds. The maximum absolute atomic E-state index is 5.01. The number of nitrogens with zero attached hydrogens (tertiary/aromatic N) is 5. The van der Waals surface area contributed by atoms with E-state index in [1.165, 1.54) is 77.3 Å². The second kappa shape index (κ2) is 10.4. The summed E-state index contributed by atoms with van der Waals surface area (Å²) in [6, 6.07) is 0.606. The fraction of sp³-hybridized carbons (Fsp3) is 0.870. The second-order valence-corrected chi connectivity index (χ2v) is 10.3. The zero-order valence-corrected chi connectivity index (χ0v) is 19.9. The van der Waals surface area contributed by atoms with Gasteiger partial charge in [-0.25, -0.2) is 0 Å². The van der Waals surface area contributed by atoms with Gasteiger partial charge in [0.2, 0.25) is 0 Å². The topological polar surface area (TPSA) is 58.3 Å². The van der Waals surface area contributed by atoms with E-state index in [1.54, 1.807) is 11.8 Å². The number of nitrogens with one attached hydrogen (secondary N) is 1. The molecular formula is C23H40N6S. The average molecular weight is 433 g/mol. The lowest BCUT2D eigenvalue weighted by Crippen LogP contribution is -2.41. The quantitative estimate of drug-likeness (QED) is 0.294. The first kappa shape index (κ1) is 22.0. The van der Waals surface area contributed by atoms with Gasteiger partial charge in [0.25, 0.3) is 0 Å². The predicted octanol–water partition coefficient (Wildman–Crippen LogP) is 4.67. The minimum absolute atomic E-state index is 0.570. The van der Waals surface area contributed by atoms with E-state index in [2.05, 4.69) is 38.2 Å². The summed E-state index contributed by atoms with van der Waals surface area (Å²) in [5, 5.41) is 13.6. The van der Waals surface area contributed by atoms with Crippen LogP contribution in [0.4, 0.5) is 0 Å². The van der Waals surface area contributed by atoms with Gasteiger partial charge in [-0.2, -0.15) is 0 Å². The Morgan fingerprint density at radius 3 is 2.67 bits per heavy atom. The van der Waals surface area contributed by atoms with Crippen LogP contribution in [-0.4, -0.2) is 58.1 Å². The lowest BCUT2D eigenvalue weighted by atomic mass is 9.73. The predicted molar refractivity (Wildman–Crippen MR) is 125 cm³/mol. The minimum Gasteiger partial charge on any atom is -0.357 e. The summed E-state index contributed by atoms with van der Waals surface area (Å²) in [5.74, 6) is 2.29. The smallest absolute Gasteiger partial charge is 0.193 e. The van der Waals surface area contributed by atoms with Gasteiger partial charge in [0.15, 0.2) is 11.1 Å². The molecule has 1 saturated heterocycles. The Labute approximate surface area is 186 Å². The summed E-state index contributed by atoms with van der Waals surface area (Å²) in [6.45, 7) is 6.34. The van der Waals surface area contributed by atoms with Crippen LogP contribution in [0.3, 0.4) is 0 Å². The van der Waals surface area contributed by atoms with Crippen LogP contribution in [0.1, 0.15) is 89.4 Å². The van der Waals surface area contributed by atoms with Crippen molar-refractivity contribution in [3.8, 4) is 0 Å². The van der Waals surface area contributed by atoms with Crippen molar-refractivity contribution in [2.75, 3.05) is 32.4 Å². The molecule has 168 valence electrons. The molecule has 1 aromatic heterocycles. The minimum atomic E-state index is 0.570. The molecule has 2 saturated carbocycles. The maximum atomic E-state index is 5.01. The third-order valence-electron chi connectivity index (χ3n) is 7.41. The van der Waals surface area contributed by atoms with E-state index in [0.717, 1.165) is 42.9 Å². The number of likely N-dealkylation sites (tertiary alicyclic amines) is 1. The molecule has 4 rings (SSSR count). The second-order valence-electron chi connectivity index (χ2n) is 9.48. The number of thioether (sulfide) groups is 1. The van der Waals surface area contributed by atoms with Gasteiger partial charge in [0.1, 0.15) is 5.82 Å². The Balaban J connectivity index is 1.34. The maximum Gasteiger partial charge on any atom is 0.193 e. The molecule has 30 heavy (non-hydrogen) atoms. The highest BCUT2D eigenvalue weighted by Crippen LogP contribution is 2.43. The molecule has 1 aliphatic heterocycles. The monoisotopic (exact) mass is 432 g/mol. The SMILES string of the molecule is CCNC(=NCCCc1nnc(SC)n1C1CCCC1)N1CCC2(CCCCC2)C1. The van der Waals surface area contributed by atoms with Gasteiger partial charge < -0.3 is 14.8 Å². The van der Waals surface area contributed by atoms with Crippen molar-refractivity contribution >= 4 is 17.7 Å². The van der Waals surface area contributed by atoms with Crippen molar-refractivity contribution in [2.45, 2.75) is 95.2 Å².